The second-order valence-electron chi connectivity index (χ2n) is 7.54. The summed E-state index contributed by atoms with van der Waals surface area (Å²) in [6.45, 7) is 13.8. The highest BCUT2D eigenvalue weighted by atomic mass is 19.1. The minimum atomic E-state index is -1.40. The van der Waals surface area contributed by atoms with E-state index in [1.54, 1.807) is 0 Å². The molecule has 1 aliphatic heterocycles. The SMILES string of the molecule is CC1(C)CC(C(F)(CN)C(C)(C)C)C(C)(C)O1. The Balaban J connectivity index is 3.14. The van der Waals surface area contributed by atoms with E-state index >= 15 is 4.39 Å². The van der Waals surface area contributed by atoms with Crippen LogP contribution in [0.2, 0.25) is 0 Å². The van der Waals surface area contributed by atoms with Gasteiger partial charge in [0.1, 0.15) is 5.67 Å². The molecule has 0 saturated carbocycles. The van der Waals surface area contributed by atoms with Crippen molar-refractivity contribution in [1.29, 1.82) is 0 Å². The summed E-state index contributed by atoms with van der Waals surface area (Å²) < 4.78 is 21.4. The summed E-state index contributed by atoms with van der Waals surface area (Å²) in [5.74, 6) is -0.171. The monoisotopic (exact) mass is 245 g/mol. The van der Waals surface area contributed by atoms with Crippen LogP contribution in [0, 0.1) is 11.3 Å². The summed E-state index contributed by atoms with van der Waals surface area (Å²) in [5.41, 5.74) is 3.14. The van der Waals surface area contributed by atoms with Crippen molar-refractivity contribution in [3.05, 3.63) is 0 Å². The van der Waals surface area contributed by atoms with Gasteiger partial charge in [-0.2, -0.15) is 0 Å². The first-order valence-corrected chi connectivity index (χ1v) is 6.45. The van der Waals surface area contributed by atoms with Crippen LogP contribution in [-0.2, 0) is 4.74 Å². The fraction of sp³-hybridized carbons (Fsp3) is 1.00. The molecule has 2 nitrogen and oxygen atoms in total. The Hall–Kier alpha value is -0.150. The largest absolute Gasteiger partial charge is 0.369 e. The van der Waals surface area contributed by atoms with E-state index in [4.69, 9.17) is 10.5 Å². The first kappa shape index (κ1) is 14.9. The molecule has 3 heteroatoms. The molecule has 2 atom stereocenters. The molecular weight excluding hydrogens is 217 g/mol. The van der Waals surface area contributed by atoms with E-state index < -0.39 is 16.7 Å². The molecule has 17 heavy (non-hydrogen) atoms. The zero-order valence-corrected chi connectivity index (χ0v) is 12.4. The van der Waals surface area contributed by atoms with Crippen LogP contribution < -0.4 is 5.73 Å². The second-order valence-corrected chi connectivity index (χ2v) is 7.54. The number of ether oxygens (including phenoxy) is 1. The molecular formula is C14H28FNO. The molecule has 0 aliphatic carbocycles. The van der Waals surface area contributed by atoms with Gasteiger partial charge in [0.15, 0.2) is 0 Å². The van der Waals surface area contributed by atoms with Crippen LogP contribution in [0.5, 0.6) is 0 Å². The van der Waals surface area contributed by atoms with Crippen LogP contribution >= 0.6 is 0 Å². The fourth-order valence-electron chi connectivity index (χ4n) is 3.25. The maximum Gasteiger partial charge on any atom is 0.133 e. The van der Waals surface area contributed by atoms with Gasteiger partial charge in [0.2, 0.25) is 0 Å². The molecule has 2 unspecified atom stereocenters. The van der Waals surface area contributed by atoms with Gasteiger partial charge in [-0.3, -0.25) is 0 Å². The molecule has 1 aliphatic rings. The third kappa shape index (κ3) is 2.50. The van der Waals surface area contributed by atoms with Gasteiger partial charge in [-0.15, -0.1) is 0 Å². The normalized spacial score (nSPS) is 31.2. The molecule has 1 heterocycles. The Morgan fingerprint density at radius 2 is 1.71 bits per heavy atom. The maximum atomic E-state index is 15.4. The average molecular weight is 245 g/mol. The van der Waals surface area contributed by atoms with Crippen molar-refractivity contribution in [1.82, 2.24) is 0 Å². The Morgan fingerprint density at radius 3 is 1.94 bits per heavy atom. The third-order valence-corrected chi connectivity index (χ3v) is 4.17. The highest BCUT2D eigenvalue weighted by Crippen LogP contribution is 2.53. The van der Waals surface area contributed by atoms with Gasteiger partial charge < -0.3 is 10.5 Å². The molecule has 2 N–H and O–H groups in total. The van der Waals surface area contributed by atoms with E-state index in [-0.39, 0.29) is 18.1 Å². The lowest BCUT2D eigenvalue weighted by molar-refractivity contribution is -0.113. The van der Waals surface area contributed by atoms with Gasteiger partial charge in [-0.05, 0) is 39.5 Å². The number of nitrogens with two attached hydrogens (primary N) is 1. The van der Waals surface area contributed by atoms with Crippen LogP contribution in [0.25, 0.3) is 0 Å². The first-order chi connectivity index (χ1) is 7.36. The van der Waals surface area contributed by atoms with Crippen LogP contribution in [0.15, 0.2) is 0 Å². The minimum absolute atomic E-state index is 0.0457. The topological polar surface area (TPSA) is 35.2 Å². The lowest BCUT2D eigenvalue weighted by atomic mass is 9.64. The van der Waals surface area contributed by atoms with Crippen molar-refractivity contribution in [2.75, 3.05) is 6.54 Å². The Morgan fingerprint density at radius 1 is 1.24 bits per heavy atom. The Kier molecular flexibility index (Phi) is 3.44. The molecule has 102 valence electrons. The zero-order chi connectivity index (χ0) is 13.7. The van der Waals surface area contributed by atoms with Gasteiger partial charge in [-0.1, -0.05) is 20.8 Å². The summed E-state index contributed by atoms with van der Waals surface area (Å²) >= 11 is 0. The minimum Gasteiger partial charge on any atom is -0.369 e. The molecule has 0 bridgehead atoms. The summed E-state index contributed by atoms with van der Waals surface area (Å²) in [6.07, 6.45) is 0.713. The van der Waals surface area contributed by atoms with Gasteiger partial charge in [0, 0.05) is 12.5 Å². The van der Waals surface area contributed by atoms with Crippen LogP contribution in [0.4, 0.5) is 4.39 Å². The fourth-order valence-corrected chi connectivity index (χ4v) is 3.25. The smallest absolute Gasteiger partial charge is 0.133 e. The first-order valence-electron chi connectivity index (χ1n) is 6.45. The quantitative estimate of drug-likeness (QED) is 0.810. The summed E-state index contributed by atoms with van der Waals surface area (Å²) in [5, 5.41) is 0. The lowest BCUT2D eigenvalue weighted by Gasteiger charge is -2.45. The zero-order valence-electron chi connectivity index (χ0n) is 12.4. The highest BCUT2D eigenvalue weighted by molar-refractivity contribution is 5.08. The predicted molar refractivity (Wildman–Crippen MR) is 69.7 cm³/mol. The molecule has 0 radical (unpaired) electrons. The van der Waals surface area contributed by atoms with Gasteiger partial charge in [0.25, 0.3) is 0 Å². The van der Waals surface area contributed by atoms with E-state index in [0.717, 1.165) is 0 Å². The van der Waals surface area contributed by atoms with Crippen LogP contribution in [0.3, 0.4) is 0 Å². The summed E-state index contributed by atoms with van der Waals surface area (Å²) in [4.78, 5) is 0. The van der Waals surface area contributed by atoms with E-state index in [1.807, 2.05) is 48.5 Å². The van der Waals surface area contributed by atoms with E-state index in [2.05, 4.69) is 0 Å². The Labute approximate surface area is 105 Å². The highest BCUT2D eigenvalue weighted by Gasteiger charge is 2.59. The standard InChI is InChI=1S/C14H28FNO/c1-11(2,3)14(15,9-16)10-8-12(4,5)17-13(10,6)7/h10H,8-9,16H2,1-7H3. The van der Waals surface area contributed by atoms with Crippen LogP contribution in [0.1, 0.15) is 54.9 Å². The number of hydrogen-bond donors (Lipinski definition) is 1. The summed E-state index contributed by atoms with van der Waals surface area (Å²) in [7, 11) is 0. The van der Waals surface area contributed by atoms with Crippen molar-refractivity contribution in [2.24, 2.45) is 17.1 Å². The maximum absolute atomic E-state index is 15.4. The van der Waals surface area contributed by atoms with Crippen LogP contribution in [-0.4, -0.2) is 23.4 Å². The molecule has 1 fully saturated rings. The molecule has 0 amide bonds. The Bertz CT molecular complexity index is 293. The van der Waals surface area contributed by atoms with Crippen molar-refractivity contribution < 1.29 is 9.13 Å². The predicted octanol–water partition coefficient (Wildman–Crippen LogP) is 3.29. The second kappa shape index (κ2) is 3.92. The lowest BCUT2D eigenvalue weighted by Crippen LogP contribution is -2.56. The number of halogens is 1. The molecule has 1 saturated heterocycles. The molecule has 0 aromatic heterocycles. The van der Waals surface area contributed by atoms with Gasteiger partial charge in [0.05, 0.1) is 11.2 Å². The number of hydrogen-bond acceptors (Lipinski definition) is 2. The van der Waals surface area contributed by atoms with E-state index in [0.29, 0.717) is 6.42 Å². The van der Waals surface area contributed by atoms with Crippen molar-refractivity contribution >= 4 is 0 Å². The average Bonchev–Trinajstić information content (AvgIpc) is 2.31. The van der Waals surface area contributed by atoms with Crippen molar-refractivity contribution in [2.45, 2.75) is 71.8 Å². The van der Waals surface area contributed by atoms with Gasteiger partial charge >= 0.3 is 0 Å². The third-order valence-electron chi connectivity index (χ3n) is 4.17. The van der Waals surface area contributed by atoms with E-state index in [9.17, 15) is 0 Å². The molecule has 1 rings (SSSR count). The van der Waals surface area contributed by atoms with E-state index in [1.165, 1.54) is 0 Å². The van der Waals surface area contributed by atoms with Crippen molar-refractivity contribution in [3.63, 3.8) is 0 Å². The van der Waals surface area contributed by atoms with Gasteiger partial charge in [-0.25, -0.2) is 4.39 Å². The number of alkyl halides is 1. The summed E-state index contributed by atoms with van der Waals surface area (Å²) in [6, 6.07) is 0. The molecule has 0 aromatic carbocycles. The van der Waals surface area contributed by atoms with Crippen molar-refractivity contribution in [3.8, 4) is 0 Å². The molecule has 0 spiro atoms. The molecule has 0 aromatic rings. The number of rotatable bonds is 2.